The Morgan fingerprint density at radius 1 is 0.309 bits per heavy atom. The lowest BCUT2D eigenvalue weighted by Crippen LogP contribution is -2.63. The summed E-state index contributed by atoms with van der Waals surface area (Å²) in [5.74, 6) is 4.05. The van der Waals surface area contributed by atoms with Gasteiger partial charge in [0.05, 0.1) is 31.5 Å². The van der Waals surface area contributed by atoms with Crippen LogP contribution in [0.3, 0.4) is 0 Å². The minimum Gasteiger partial charge on any atom is -0.466 e. The molecule has 12 aliphatic carbocycles. The topological polar surface area (TPSA) is 288 Å². The summed E-state index contributed by atoms with van der Waals surface area (Å²) in [6, 6.07) is 0. The van der Waals surface area contributed by atoms with Gasteiger partial charge in [-0.15, -0.1) is 0 Å². The molecule has 3 N–H and O–H groups in total. The Kier molecular flexibility index (Phi) is 45.4. The van der Waals surface area contributed by atoms with Crippen molar-refractivity contribution in [3.63, 3.8) is 0 Å². The molecule has 0 saturated heterocycles. The lowest BCUT2D eigenvalue weighted by molar-refractivity contribution is -0.226. The summed E-state index contributed by atoms with van der Waals surface area (Å²) in [5.41, 5.74) is -0.671. The number of fused-ring (bicyclic) bond motifs is 15. The second-order valence-electron chi connectivity index (χ2n) is 47.5. The molecule has 0 unspecified atom stereocenters. The number of esters is 8. The Hall–Kier alpha value is -4.69. The number of ether oxygens (including phenoxy) is 8. The van der Waals surface area contributed by atoms with Gasteiger partial charge in [-0.3, -0.25) is 38.4 Å². The highest BCUT2D eigenvalue weighted by Gasteiger charge is 2.72. The van der Waals surface area contributed by atoms with Crippen LogP contribution < -0.4 is 0 Å². The number of carbonyl (C=O) groups is 9. The van der Waals surface area contributed by atoms with E-state index in [2.05, 4.69) is 90.0 Å². The molecular formula is C116H198O20. The number of aliphatic hydroxyl groups excluding tert-OH is 3. The molecule has 0 radical (unpaired) electrons. The number of rotatable bonds is 44. The summed E-state index contributed by atoms with van der Waals surface area (Å²) in [7, 11) is 0. The van der Waals surface area contributed by atoms with E-state index in [0.29, 0.717) is 101 Å². The normalized spacial score (nSPS) is 37.6. The average molecular weight is 1910 g/mol. The maximum atomic E-state index is 13.0. The third kappa shape index (κ3) is 27.7. The van der Waals surface area contributed by atoms with E-state index >= 15 is 0 Å². The van der Waals surface area contributed by atoms with E-state index in [9.17, 15) is 58.5 Å². The third-order valence-corrected chi connectivity index (χ3v) is 39.6. The minimum absolute atomic E-state index is 0.0312. The summed E-state index contributed by atoms with van der Waals surface area (Å²) < 4.78 is 48.6. The van der Waals surface area contributed by atoms with Gasteiger partial charge in [-0.25, -0.2) is 0 Å². The quantitative estimate of drug-likeness (QED) is 0.0290. The largest absolute Gasteiger partial charge is 0.466 e. The Labute approximate surface area is 824 Å². The van der Waals surface area contributed by atoms with E-state index in [1.807, 2.05) is 41.5 Å². The molecule has 0 aromatic heterocycles. The van der Waals surface area contributed by atoms with E-state index in [4.69, 9.17) is 37.9 Å². The smallest absolute Gasteiger partial charge is 0.305 e. The molecule has 0 heterocycles. The molecule has 0 aliphatic heterocycles. The van der Waals surface area contributed by atoms with Gasteiger partial charge in [0.15, 0.2) is 0 Å². The molecule has 0 amide bonds. The van der Waals surface area contributed by atoms with Gasteiger partial charge in [-0.2, -0.15) is 0 Å². The van der Waals surface area contributed by atoms with Crippen LogP contribution in [0.15, 0.2) is 0 Å². The zero-order chi connectivity index (χ0) is 99.6. The summed E-state index contributed by atoms with van der Waals surface area (Å²) >= 11 is 0. The zero-order valence-electron chi connectivity index (χ0n) is 89.6. The Morgan fingerprint density at radius 2 is 0.625 bits per heavy atom. The molecule has 0 aromatic rings. The van der Waals surface area contributed by atoms with Crippen molar-refractivity contribution in [3.05, 3.63) is 0 Å². The minimum atomic E-state index is -0.337. The van der Waals surface area contributed by atoms with E-state index < -0.39 is 0 Å². The lowest BCUT2D eigenvalue weighted by atomic mass is 9.43. The number of aliphatic hydroxyl groups is 3. The predicted octanol–water partition coefficient (Wildman–Crippen LogP) is 26.0. The first-order valence-electron chi connectivity index (χ1n) is 56.9. The molecule has 12 fully saturated rings. The number of Topliss-reactive ketones (excluding diaryl/α,β-unsaturated/α-hetero) is 1. The van der Waals surface area contributed by atoms with Crippen molar-refractivity contribution < 1.29 is 96.4 Å². The number of carbonyl (C=O) groups excluding carboxylic acids is 9. The standard InChI is InChI=1S/2C41H68O8.C25H42O4.C9H20/c2*1-8-12-13-14-15-16-23-46-38(45)20-17-27(5)30-18-19-31-39-32(26-34(41(30,31)7)49-37(44)11-4)40(6)22-21-29(47-35(42)9-2)24-28(40)25-33(39)48-36(43)10-3;1-14(5-6-15(2)26)18-7-8-19-23-20(13-22(29)25(18,19)4)24(3)10-9-17(27)11-16(24)12-21(23)28;1-3-5-7-9-8-6-4-2/h2*27-34,39H,8-26H2,1-7H3;14,16-23,27-29H,5-13H2,1-4H3;3-9H2,1-2H3/t2*27-,28+,29-,30-,31+,32+,33-,34+,39+,40+,41-;14-,16+,17-,18-,19+,20+,21-,22+,23+,24+,25-;/m111./s1. The van der Waals surface area contributed by atoms with Crippen molar-refractivity contribution in [2.75, 3.05) is 13.2 Å². The maximum Gasteiger partial charge on any atom is 0.305 e. The first-order valence-corrected chi connectivity index (χ1v) is 56.9. The highest BCUT2D eigenvalue weighted by atomic mass is 16.6. The van der Waals surface area contributed by atoms with Crippen LogP contribution in [0.5, 0.6) is 0 Å². The molecule has 782 valence electrons. The third-order valence-electron chi connectivity index (χ3n) is 39.6. The predicted molar refractivity (Wildman–Crippen MR) is 535 cm³/mol. The van der Waals surface area contributed by atoms with Gasteiger partial charge in [0.25, 0.3) is 0 Å². The molecule has 0 aromatic carbocycles. The van der Waals surface area contributed by atoms with Crippen LogP contribution in [-0.4, -0.2) is 137 Å². The molecule has 0 bridgehead atoms. The van der Waals surface area contributed by atoms with Crippen LogP contribution in [0.4, 0.5) is 0 Å². The van der Waals surface area contributed by atoms with Crippen molar-refractivity contribution in [2.45, 2.75) is 527 Å². The van der Waals surface area contributed by atoms with Crippen LogP contribution in [0, 0.1) is 139 Å². The molecule has 12 saturated carbocycles. The van der Waals surface area contributed by atoms with Crippen LogP contribution in [0.2, 0.25) is 0 Å². The molecule has 136 heavy (non-hydrogen) atoms. The monoisotopic (exact) mass is 1910 g/mol. The fourth-order valence-corrected chi connectivity index (χ4v) is 31.6. The van der Waals surface area contributed by atoms with Crippen molar-refractivity contribution in [2.24, 2.45) is 139 Å². The van der Waals surface area contributed by atoms with Gasteiger partial charge >= 0.3 is 47.8 Å². The highest BCUT2D eigenvalue weighted by Crippen LogP contribution is 2.74. The average Bonchev–Trinajstić information content (AvgIpc) is 1.38. The number of ketones is 1. The zero-order valence-corrected chi connectivity index (χ0v) is 89.6. The number of hydrogen-bond acceptors (Lipinski definition) is 20. The molecular weight excluding hydrogens is 1710 g/mol. The summed E-state index contributed by atoms with van der Waals surface area (Å²) in [6.45, 7) is 43.6. The summed E-state index contributed by atoms with van der Waals surface area (Å²) in [5, 5.41) is 33.0. The first kappa shape index (κ1) is 115. The lowest BCUT2D eigenvalue weighted by Gasteiger charge is -2.64. The molecule has 12 rings (SSSR count). The second-order valence-corrected chi connectivity index (χ2v) is 47.5. The van der Waals surface area contributed by atoms with E-state index in [0.717, 1.165) is 180 Å². The Balaban J connectivity index is 0.000000224. The van der Waals surface area contributed by atoms with E-state index in [1.54, 1.807) is 6.92 Å². The van der Waals surface area contributed by atoms with Crippen LogP contribution in [0.25, 0.3) is 0 Å². The van der Waals surface area contributed by atoms with E-state index in [1.165, 1.54) is 96.3 Å². The molecule has 20 nitrogen and oxygen atoms in total. The fourth-order valence-electron chi connectivity index (χ4n) is 31.6. The van der Waals surface area contributed by atoms with Gasteiger partial charge in [-0.05, 0) is 290 Å². The molecule has 0 spiro atoms. The van der Waals surface area contributed by atoms with Crippen molar-refractivity contribution in [3.8, 4) is 0 Å². The summed E-state index contributed by atoms with van der Waals surface area (Å²) in [6.07, 6.45) is 46.4. The van der Waals surface area contributed by atoms with Crippen molar-refractivity contribution in [1.82, 2.24) is 0 Å². The summed E-state index contributed by atoms with van der Waals surface area (Å²) in [4.78, 5) is 113. The van der Waals surface area contributed by atoms with Crippen LogP contribution in [0.1, 0.15) is 472 Å². The van der Waals surface area contributed by atoms with Gasteiger partial charge in [-0.1, -0.05) is 241 Å². The van der Waals surface area contributed by atoms with Crippen LogP contribution in [-0.2, 0) is 81.0 Å². The van der Waals surface area contributed by atoms with Crippen molar-refractivity contribution >= 4 is 53.5 Å². The van der Waals surface area contributed by atoms with Crippen molar-refractivity contribution in [1.29, 1.82) is 0 Å². The fraction of sp³-hybridized carbons (Fsp3) is 0.922. The highest BCUT2D eigenvalue weighted by molar-refractivity contribution is 5.75. The second kappa shape index (κ2) is 53.8. The number of hydrogen-bond donors (Lipinski definition) is 3. The maximum absolute atomic E-state index is 13.0. The van der Waals surface area contributed by atoms with Gasteiger partial charge in [0, 0.05) is 80.5 Å². The number of unbranched alkanes of at least 4 members (excludes halogenated alkanes) is 16. The van der Waals surface area contributed by atoms with E-state index in [-0.39, 0.29) is 218 Å². The Morgan fingerprint density at radius 3 is 0.993 bits per heavy atom. The molecule has 20 heteroatoms. The van der Waals surface area contributed by atoms with Gasteiger partial charge < -0.3 is 58.0 Å². The molecule has 12 aliphatic rings. The first-order chi connectivity index (χ1) is 64.8. The van der Waals surface area contributed by atoms with Gasteiger partial charge in [0.2, 0.25) is 0 Å². The Bertz CT molecular complexity index is 3530. The SMILES string of the molecule is CC(=O)CC[C@@H](C)[C@H]1CC[C@H]2[C@@H]3[C@H](O)C[C@@H]4C[C@H](O)CC[C@]4(C)[C@H]3C[C@H](O)[C@]12C.CCCCCCCCC.CCCCCCCCOC(=O)CC[C@@H](C)[C@H]1CC[C@H]2[C@@H]3[C@H](OC(=O)CC)C[C@@H]4C[C@H](OC(=O)CC)CC[C@]4(C)[C@H]3C[C@H](OC(=O)CC)[C@]12C.CCCCCCCCOC(=O)CC[C@@H](C)[C@H]1CC[C@H]2[C@@H]3[C@H](OC(=O)CC)C[C@@H]4C[C@H](OC(=O)CC)CC[C@]4(C)[C@H]3C[C@H](OC(=O)CC)[C@]12C. The molecule has 33 atom stereocenters. The van der Waals surface area contributed by atoms with Crippen LogP contribution >= 0.6 is 0 Å². The van der Waals surface area contributed by atoms with Gasteiger partial charge in [0.1, 0.15) is 42.4 Å².